The van der Waals surface area contributed by atoms with Gasteiger partial charge in [0.1, 0.15) is 6.10 Å². The van der Waals surface area contributed by atoms with E-state index < -0.39 is 35.4 Å². The van der Waals surface area contributed by atoms with Gasteiger partial charge in [-0.15, -0.1) is 0 Å². The summed E-state index contributed by atoms with van der Waals surface area (Å²) in [5.74, 6) is -0.468. The van der Waals surface area contributed by atoms with E-state index >= 15 is 0 Å². The van der Waals surface area contributed by atoms with Gasteiger partial charge < -0.3 is 15.3 Å². The summed E-state index contributed by atoms with van der Waals surface area (Å²) in [6.07, 6.45) is -0.560. The van der Waals surface area contributed by atoms with E-state index in [4.69, 9.17) is 5.11 Å². The number of rotatable bonds is 2. The van der Waals surface area contributed by atoms with Crippen LogP contribution in [0.25, 0.3) is 0 Å². The summed E-state index contributed by atoms with van der Waals surface area (Å²) in [4.78, 5) is 25.1. The second-order valence-corrected chi connectivity index (χ2v) is 4.71. The highest BCUT2D eigenvalue weighted by Crippen LogP contribution is 2.34. The van der Waals surface area contributed by atoms with Gasteiger partial charge in [0.25, 0.3) is 5.56 Å². The molecule has 4 atom stereocenters. The molecule has 1 aliphatic carbocycles. The number of nitrogens with zero attached hydrogens (tertiary/aromatic N) is 1. The minimum Gasteiger partial charge on any atom is -0.396 e. The maximum absolute atomic E-state index is 11.7. The third-order valence-electron chi connectivity index (χ3n) is 3.51. The Balaban J connectivity index is 2.42. The summed E-state index contributed by atoms with van der Waals surface area (Å²) in [6, 6.07) is -0.639. The second-order valence-electron chi connectivity index (χ2n) is 4.71. The smallest absolute Gasteiger partial charge is 0.328 e. The Hall–Kier alpha value is -1.44. The number of nitrogens with one attached hydrogen (secondary N) is 1. The molecule has 1 fully saturated rings. The first-order valence-electron chi connectivity index (χ1n) is 5.74. The Morgan fingerprint density at radius 3 is 2.61 bits per heavy atom. The van der Waals surface area contributed by atoms with Crippen molar-refractivity contribution in [3.8, 4) is 0 Å². The fourth-order valence-electron chi connectivity index (χ4n) is 2.39. The van der Waals surface area contributed by atoms with Crippen LogP contribution in [0.15, 0.2) is 15.8 Å². The summed E-state index contributed by atoms with van der Waals surface area (Å²) >= 11 is 0. The zero-order valence-electron chi connectivity index (χ0n) is 9.91. The predicted molar refractivity (Wildman–Crippen MR) is 62.3 cm³/mol. The molecule has 1 aromatic rings. The molecule has 0 amide bonds. The SMILES string of the molecule is Cc1cn([C@@H]2C[C@H](CO)C(O)[C@@H]2O)c(=O)[nH]c1=O. The molecule has 18 heavy (non-hydrogen) atoms. The van der Waals surface area contributed by atoms with Crippen molar-refractivity contribution in [2.45, 2.75) is 31.6 Å². The monoisotopic (exact) mass is 256 g/mol. The maximum atomic E-state index is 11.7. The van der Waals surface area contributed by atoms with Crippen molar-refractivity contribution >= 4 is 0 Å². The Morgan fingerprint density at radius 2 is 2.06 bits per heavy atom. The molecule has 0 spiro atoms. The molecular weight excluding hydrogens is 240 g/mol. The average Bonchev–Trinajstić information content (AvgIpc) is 2.61. The topological polar surface area (TPSA) is 116 Å². The molecule has 0 bridgehead atoms. The normalized spacial score (nSPS) is 31.8. The second kappa shape index (κ2) is 4.68. The molecule has 7 nitrogen and oxygen atoms in total. The van der Waals surface area contributed by atoms with E-state index in [1.54, 1.807) is 6.92 Å². The Morgan fingerprint density at radius 1 is 1.39 bits per heavy atom. The van der Waals surface area contributed by atoms with Gasteiger partial charge >= 0.3 is 5.69 Å². The summed E-state index contributed by atoms with van der Waals surface area (Å²) in [5.41, 5.74) is -0.743. The molecule has 4 N–H and O–H groups in total. The van der Waals surface area contributed by atoms with E-state index in [9.17, 15) is 19.8 Å². The van der Waals surface area contributed by atoms with Crippen LogP contribution in [-0.2, 0) is 0 Å². The van der Waals surface area contributed by atoms with Gasteiger partial charge in [-0.2, -0.15) is 0 Å². The zero-order chi connectivity index (χ0) is 13.4. The highest BCUT2D eigenvalue weighted by atomic mass is 16.3. The summed E-state index contributed by atoms with van der Waals surface area (Å²) in [7, 11) is 0. The Kier molecular flexibility index (Phi) is 3.38. The zero-order valence-corrected chi connectivity index (χ0v) is 9.91. The summed E-state index contributed by atoms with van der Waals surface area (Å²) in [6.45, 7) is 1.29. The van der Waals surface area contributed by atoms with Crippen molar-refractivity contribution in [2.75, 3.05) is 6.61 Å². The van der Waals surface area contributed by atoms with Crippen molar-refractivity contribution in [2.24, 2.45) is 5.92 Å². The first-order valence-corrected chi connectivity index (χ1v) is 5.74. The third kappa shape index (κ3) is 2.00. The quantitative estimate of drug-likeness (QED) is 0.494. The molecule has 1 saturated carbocycles. The van der Waals surface area contributed by atoms with Crippen LogP contribution in [0.2, 0.25) is 0 Å². The number of H-pyrrole nitrogens is 1. The van der Waals surface area contributed by atoms with Gasteiger partial charge in [0.2, 0.25) is 0 Å². The van der Waals surface area contributed by atoms with E-state index in [1.807, 2.05) is 0 Å². The maximum Gasteiger partial charge on any atom is 0.328 e. The molecule has 2 rings (SSSR count). The van der Waals surface area contributed by atoms with Gasteiger partial charge in [-0.05, 0) is 13.3 Å². The fourth-order valence-corrected chi connectivity index (χ4v) is 2.39. The Bertz CT molecular complexity index is 549. The minimum absolute atomic E-state index is 0.258. The van der Waals surface area contributed by atoms with Crippen LogP contribution in [0.4, 0.5) is 0 Å². The fraction of sp³-hybridized carbons (Fsp3) is 0.636. The van der Waals surface area contributed by atoms with Gasteiger partial charge in [-0.3, -0.25) is 14.3 Å². The largest absolute Gasteiger partial charge is 0.396 e. The van der Waals surface area contributed by atoms with Gasteiger partial charge in [0.15, 0.2) is 0 Å². The molecule has 1 aliphatic rings. The number of aliphatic hydroxyl groups excluding tert-OH is 3. The van der Waals surface area contributed by atoms with Crippen molar-refractivity contribution in [3.63, 3.8) is 0 Å². The van der Waals surface area contributed by atoms with Gasteiger partial charge in [-0.25, -0.2) is 4.79 Å². The van der Waals surface area contributed by atoms with E-state index in [1.165, 1.54) is 10.8 Å². The van der Waals surface area contributed by atoms with Gasteiger partial charge in [0, 0.05) is 24.3 Å². The molecule has 100 valence electrons. The molecule has 1 unspecified atom stereocenters. The molecule has 1 aromatic heterocycles. The molecule has 0 aromatic carbocycles. The van der Waals surface area contributed by atoms with Crippen LogP contribution >= 0.6 is 0 Å². The summed E-state index contributed by atoms with van der Waals surface area (Å²) in [5, 5.41) is 28.7. The van der Waals surface area contributed by atoms with Gasteiger partial charge in [0.05, 0.1) is 12.1 Å². The van der Waals surface area contributed by atoms with E-state index in [2.05, 4.69) is 4.98 Å². The van der Waals surface area contributed by atoms with Crippen molar-refractivity contribution < 1.29 is 15.3 Å². The van der Waals surface area contributed by atoms with Gasteiger partial charge in [-0.1, -0.05) is 0 Å². The Labute approximate surface area is 102 Å². The van der Waals surface area contributed by atoms with Crippen molar-refractivity contribution in [1.82, 2.24) is 9.55 Å². The van der Waals surface area contributed by atoms with Crippen LogP contribution in [-0.4, -0.2) is 43.7 Å². The molecule has 0 radical (unpaired) electrons. The standard InChI is InChI=1S/C11H16N2O5/c1-5-3-13(11(18)12-10(5)17)7-2-6(4-14)8(15)9(7)16/h3,6-9,14-16H,2,4H2,1H3,(H,12,17,18)/t6-,7-,8?,9-/m1/s1. The first kappa shape index (κ1) is 13.0. The van der Waals surface area contributed by atoms with Crippen LogP contribution in [0.1, 0.15) is 18.0 Å². The lowest BCUT2D eigenvalue weighted by Crippen LogP contribution is -2.38. The summed E-state index contributed by atoms with van der Waals surface area (Å²) < 4.78 is 1.21. The molecular formula is C11H16N2O5. The highest BCUT2D eigenvalue weighted by Gasteiger charge is 2.42. The number of hydrogen-bond acceptors (Lipinski definition) is 5. The lowest BCUT2D eigenvalue weighted by molar-refractivity contribution is -0.00457. The highest BCUT2D eigenvalue weighted by molar-refractivity contribution is 5.04. The van der Waals surface area contributed by atoms with E-state index in [-0.39, 0.29) is 13.0 Å². The van der Waals surface area contributed by atoms with Crippen LogP contribution in [0.3, 0.4) is 0 Å². The number of aryl methyl sites for hydroxylation is 1. The number of aromatic nitrogens is 2. The average molecular weight is 256 g/mol. The lowest BCUT2D eigenvalue weighted by Gasteiger charge is -2.18. The van der Waals surface area contributed by atoms with Crippen LogP contribution in [0.5, 0.6) is 0 Å². The van der Waals surface area contributed by atoms with Crippen LogP contribution in [0, 0.1) is 12.8 Å². The van der Waals surface area contributed by atoms with Crippen LogP contribution < -0.4 is 11.2 Å². The molecule has 1 heterocycles. The van der Waals surface area contributed by atoms with E-state index in [0.717, 1.165) is 0 Å². The first-order chi connectivity index (χ1) is 8.45. The minimum atomic E-state index is -1.13. The number of aromatic amines is 1. The van der Waals surface area contributed by atoms with E-state index in [0.29, 0.717) is 5.56 Å². The molecule has 0 aliphatic heterocycles. The lowest BCUT2D eigenvalue weighted by atomic mass is 10.1. The predicted octanol–water partition coefficient (Wildman–Crippen LogP) is -1.88. The number of aliphatic hydroxyl groups is 3. The molecule has 7 heteroatoms. The molecule has 0 saturated heterocycles. The number of hydrogen-bond donors (Lipinski definition) is 4. The third-order valence-corrected chi connectivity index (χ3v) is 3.51. The van der Waals surface area contributed by atoms with Crippen molar-refractivity contribution in [1.29, 1.82) is 0 Å². The van der Waals surface area contributed by atoms with Crippen molar-refractivity contribution in [3.05, 3.63) is 32.6 Å².